The molecule has 0 radical (unpaired) electrons. The SMILES string of the molecule is [C-]#[N+]C1(c2cc(OCC3CC3C)cc(C(=O)O)c2)CCCC1. The fourth-order valence-corrected chi connectivity index (χ4v) is 3.33. The molecule has 0 amide bonds. The predicted octanol–water partition coefficient (Wildman–Crippen LogP) is 4.11. The number of rotatable bonds is 5. The van der Waals surface area contributed by atoms with Gasteiger partial charge in [0.25, 0.3) is 5.54 Å². The molecule has 1 N–H and O–H groups in total. The normalized spacial score (nSPS) is 25.5. The zero-order valence-corrected chi connectivity index (χ0v) is 12.8. The summed E-state index contributed by atoms with van der Waals surface area (Å²) in [5.74, 6) is 0.901. The zero-order chi connectivity index (χ0) is 15.7. The number of hydrogen-bond acceptors (Lipinski definition) is 2. The van der Waals surface area contributed by atoms with Gasteiger partial charge in [0.15, 0.2) is 0 Å². The van der Waals surface area contributed by atoms with Gasteiger partial charge in [0.2, 0.25) is 0 Å². The van der Waals surface area contributed by atoms with Crippen LogP contribution in [-0.2, 0) is 5.54 Å². The first-order chi connectivity index (χ1) is 10.5. The first kappa shape index (κ1) is 14.9. The summed E-state index contributed by atoms with van der Waals surface area (Å²) < 4.78 is 5.81. The van der Waals surface area contributed by atoms with Crippen LogP contribution in [0.1, 0.15) is 54.9 Å². The molecule has 0 heterocycles. The summed E-state index contributed by atoms with van der Waals surface area (Å²) in [6, 6.07) is 5.10. The van der Waals surface area contributed by atoms with Crippen molar-refractivity contribution >= 4 is 5.97 Å². The molecule has 0 aromatic heterocycles. The fourth-order valence-electron chi connectivity index (χ4n) is 3.33. The standard InChI is InChI=1S/C18H21NO3/c1-12-7-14(12)11-22-16-9-13(17(20)21)8-15(10-16)18(19-2)5-3-4-6-18/h8-10,12,14H,3-7,11H2,1H3,(H,20,21). The van der Waals surface area contributed by atoms with Crippen LogP contribution in [-0.4, -0.2) is 17.7 Å². The molecule has 1 aromatic carbocycles. The number of nitrogens with zero attached hydrogens (tertiary/aromatic N) is 1. The van der Waals surface area contributed by atoms with Crippen LogP contribution in [0.15, 0.2) is 18.2 Å². The van der Waals surface area contributed by atoms with Crippen molar-refractivity contribution in [1.82, 2.24) is 0 Å². The van der Waals surface area contributed by atoms with Crippen molar-refractivity contribution in [2.24, 2.45) is 11.8 Å². The smallest absolute Gasteiger partial charge is 0.335 e. The molecule has 2 saturated carbocycles. The van der Waals surface area contributed by atoms with E-state index in [9.17, 15) is 9.90 Å². The van der Waals surface area contributed by atoms with Crippen LogP contribution >= 0.6 is 0 Å². The van der Waals surface area contributed by atoms with Gasteiger partial charge in [0, 0.05) is 18.4 Å². The molecule has 2 aliphatic rings. The van der Waals surface area contributed by atoms with E-state index in [1.807, 2.05) is 6.07 Å². The summed E-state index contributed by atoms with van der Waals surface area (Å²) in [6.45, 7) is 10.4. The summed E-state index contributed by atoms with van der Waals surface area (Å²) >= 11 is 0. The molecule has 116 valence electrons. The molecule has 2 atom stereocenters. The second kappa shape index (κ2) is 5.64. The molecular formula is C18H21NO3. The average Bonchev–Trinajstić information content (AvgIpc) is 3.02. The van der Waals surface area contributed by atoms with Gasteiger partial charge in [-0.1, -0.05) is 6.92 Å². The second-order valence-electron chi connectivity index (χ2n) is 6.69. The Labute approximate surface area is 130 Å². The Balaban J connectivity index is 1.89. The van der Waals surface area contributed by atoms with E-state index in [4.69, 9.17) is 11.3 Å². The molecule has 0 bridgehead atoms. The van der Waals surface area contributed by atoms with E-state index in [0.29, 0.717) is 24.2 Å². The van der Waals surface area contributed by atoms with Gasteiger partial charge in [-0.2, -0.15) is 0 Å². The maximum atomic E-state index is 11.4. The number of carbonyl (C=O) groups is 1. The molecule has 2 fully saturated rings. The highest BCUT2D eigenvalue weighted by Crippen LogP contribution is 2.44. The van der Waals surface area contributed by atoms with E-state index >= 15 is 0 Å². The number of carboxylic acids is 1. The van der Waals surface area contributed by atoms with Gasteiger partial charge in [-0.15, -0.1) is 0 Å². The third kappa shape index (κ3) is 2.81. The van der Waals surface area contributed by atoms with Crippen molar-refractivity contribution in [3.8, 4) is 5.75 Å². The van der Waals surface area contributed by atoms with Crippen molar-refractivity contribution < 1.29 is 14.6 Å². The van der Waals surface area contributed by atoms with E-state index in [0.717, 1.165) is 31.2 Å². The summed E-state index contributed by atoms with van der Waals surface area (Å²) in [5.41, 5.74) is 0.459. The lowest BCUT2D eigenvalue weighted by molar-refractivity contribution is 0.0696. The fraction of sp³-hybridized carbons (Fsp3) is 0.556. The van der Waals surface area contributed by atoms with Crippen LogP contribution < -0.4 is 4.74 Å². The second-order valence-corrected chi connectivity index (χ2v) is 6.69. The van der Waals surface area contributed by atoms with Crippen molar-refractivity contribution in [3.05, 3.63) is 40.7 Å². The van der Waals surface area contributed by atoms with Crippen LogP contribution in [0.2, 0.25) is 0 Å². The van der Waals surface area contributed by atoms with Crippen LogP contribution in [0.25, 0.3) is 4.85 Å². The van der Waals surface area contributed by atoms with Gasteiger partial charge in [0.1, 0.15) is 5.75 Å². The maximum absolute atomic E-state index is 11.4. The van der Waals surface area contributed by atoms with Gasteiger partial charge in [-0.3, -0.25) is 0 Å². The average molecular weight is 299 g/mol. The Morgan fingerprint density at radius 3 is 2.64 bits per heavy atom. The third-order valence-corrected chi connectivity index (χ3v) is 5.08. The van der Waals surface area contributed by atoms with Crippen molar-refractivity contribution in [2.45, 2.75) is 44.6 Å². The minimum absolute atomic E-state index is 0.214. The summed E-state index contributed by atoms with van der Waals surface area (Å²) in [7, 11) is 0. The molecule has 1 aromatic rings. The highest BCUT2D eigenvalue weighted by Gasteiger charge is 2.43. The van der Waals surface area contributed by atoms with Crippen molar-refractivity contribution in [3.63, 3.8) is 0 Å². The molecule has 3 rings (SSSR count). The van der Waals surface area contributed by atoms with Crippen LogP contribution in [0.3, 0.4) is 0 Å². The topological polar surface area (TPSA) is 50.9 Å². The highest BCUT2D eigenvalue weighted by atomic mass is 16.5. The van der Waals surface area contributed by atoms with Gasteiger partial charge in [0.05, 0.1) is 12.2 Å². The lowest BCUT2D eigenvalue weighted by Crippen LogP contribution is -2.18. The van der Waals surface area contributed by atoms with Crippen molar-refractivity contribution in [1.29, 1.82) is 0 Å². The minimum atomic E-state index is -0.968. The first-order valence-corrected chi connectivity index (χ1v) is 7.94. The molecular weight excluding hydrogens is 278 g/mol. The maximum Gasteiger partial charge on any atom is 0.335 e. The first-order valence-electron chi connectivity index (χ1n) is 7.94. The number of hydrogen-bond donors (Lipinski definition) is 1. The highest BCUT2D eigenvalue weighted by molar-refractivity contribution is 5.88. The minimum Gasteiger partial charge on any atom is -0.493 e. The lowest BCUT2D eigenvalue weighted by atomic mass is 9.88. The monoisotopic (exact) mass is 299 g/mol. The van der Waals surface area contributed by atoms with Gasteiger partial charge < -0.3 is 14.7 Å². The number of aromatic carboxylic acids is 1. The van der Waals surface area contributed by atoms with Crippen LogP contribution in [0.4, 0.5) is 0 Å². The quantitative estimate of drug-likeness (QED) is 0.832. The number of ether oxygens (including phenoxy) is 1. The summed E-state index contributed by atoms with van der Waals surface area (Å²) in [5, 5.41) is 9.33. The lowest BCUT2D eigenvalue weighted by Gasteiger charge is -2.18. The summed E-state index contributed by atoms with van der Waals surface area (Å²) in [6.07, 6.45) is 4.83. The third-order valence-electron chi connectivity index (χ3n) is 5.08. The van der Waals surface area contributed by atoms with Gasteiger partial charge >= 0.3 is 5.97 Å². The van der Waals surface area contributed by atoms with E-state index in [1.165, 1.54) is 6.42 Å². The molecule has 0 saturated heterocycles. The molecule has 0 spiro atoms. The molecule has 2 aliphatic carbocycles. The Bertz CT molecular complexity index is 626. The molecule has 0 aliphatic heterocycles. The van der Waals surface area contributed by atoms with E-state index in [-0.39, 0.29) is 5.56 Å². The summed E-state index contributed by atoms with van der Waals surface area (Å²) in [4.78, 5) is 15.2. The van der Waals surface area contributed by atoms with Crippen LogP contribution in [0.5, 0.6) is 5.75 Å². The molecule has 22 heavy (non-hydrogen) atoms. The molecule has 4 heteroatoms. The number of benzene rings is 1. The van der Waals surface area contributed by atoms with Crippen LogP contribution in [0, 0.1) is 18.4 Å². The Kier molecular flexibility index (Phi) is 3.82. The molecule has 2 unspecified atom stereocenters. The Morgan fingerprint density at radius 1 is 1.41 bits per heavy atom. The molecule has 4 nitrogen and oxygen atoms in total. The zero-order valence-electron chi connectivity index (χ0n) is 12.8. The van der Waals surface area contributed by atoms with Gasteiger partial charge in [-0.05, 0) is 49.3 Å². The Morgan fingerprint density at radius 2 is 2.09 bits per heavy atom. The van der Waals surface area contributed by atoms with Gasteiger partial charge in [-0.25, -0.2) is 11.4 Å². The largest absolute Gasteiger partial charge is 0.493 e. The van der Waals surface area contributed by atoms with E-state index < -0.39 is 11.5 Å². The Hall–Kier alpha value is -2.02. The number of carboxylic acid groups (broad SMARTS) is 1. The predicted molar refractivity (Wildman–Crippen MR) is 82.9 cm³/mol. The van der Waals surface area contributed by atoms with Crippen molar-refractivity contribution in [2.75, 3.05) is 6.61 Å². The van der Waals surface area contributed by atoms with E-state index in [1.54, 1.807) is 12.1 Å². The van der Waals surface area contributed by atoms with E-state index in [2.05, 4.69) is 11.8 Å².